The van der Waals surface area contributed by atoms with Gasteiger partial charge < -0.3 is 10.5 Å². The lowest BCUT2D eigenvalue weighted by Crippen LogP contribution is -2.45. The van der Waals surface area contributed by atoms with Crippen LogP contribution in [-0.2, 0) is 14.8 Å². The third kappa shape index (κ3) is 4.27. The molecule has 24 heavy (non-hydrogen) atoms. The van der Waals surface area contributed by atoms with Gasteiger partial charge >= 0.3 is 5.97 Å². The minimum atomic E-state index is -3.65. The fourth-order valence-electron chi connectivity index (χ4n) is 2.88. The number of carbonyl (C=O) groups excluding carboxylic acids is 1. The van der Waals surface area contributed by atoms with Gasteiger partial charge in [0.25, 0.3) is 0 Å². The SMILES string of the molecule is COC(=O)c1ccc(C)c(S(=O)(=O)N2CCCC(C(C)N)C2)c1.Cl. The second-order valence-electron chi connectivity index (χ2n) is 6.10. The first-order valence-electron chi connectivity index (χ1n) is 7.72. The molecule has 1 saturated heterocycles. The van der Waals surface area contributed by atoms with Crippen molar-refractivity contribution in [2.24, 2.45) is 11.7 Å². The van der Waals surface area contributed by atoms with Gasteiger partial charge in [0.1, 0.15) is 0 Å². The fraction of sp³-hybridized carbons (Fsp3) is 0.562. The third-order valence-electron chi connectivity index (χ3n) is 4.39. The third-order valence-corrected chi connectivity index (χ3v) is 6.40. The predicted molar refractivity (Wildman–Crippen MR) is 94.9 cm³/mol. The van der Waals surface area contributed by atoms with Crippen LogP contribution in [-0.4, -0.2) is 44.9 Å². The number of halogens is 1. The molecular formula is C16H25ClN2O4S. The number of hydrogen-bond acceptors (Lipinski definition) is 5. The highest BCUT2D eigenvalue weighted by atomic mass is 35.5. The van der Waals surface area contributed by atoms with Gasteiger partial charge in [-0.2, -0.15) is 4.31 Å². The van der Waals surface area contributed by atoms with E-state index in [1.165, 1.54) is 17.5 Å². The lowest BCUT2D eigenvalue weighted by Gasteiger charge is -2.34. The summed E-state index contributed by atoms with van der Waals surface area (Å²) in [6.45, 7) is 4.53. The number of nitrogens with zero attached hydrogens (tertiary/aromatic N) is 1. The number of aryl methyl sites for hydroxylation is 1. The van der Waals surface area contributed by atoms with Crippen molar-refractivity contribution >= 4 is 28.4 Å². The Morgan fingerprint density at radius 1 is 1.42 bits per heavy atom. The molecule has 2 N–H and O–H groups in total. The second kappa shape index (κ2) is 8.29. The summed E-state index contributed by atoms with van der Waals surface area (Å²) in [4.78, 5) is 11.8. The molecule has 1 aromatic carbocycles. The molecule has 0 amide bonds. The number of rotatable bonds is 4. The van der Waals surface area contributed by atoms with Crippen molar-refractivity contribution in [2.45, 2.75) is 37.6 Å². The Kier molecular flexibility index (Phi) is 7.22. The first-order chi connectivity index (χ1) is 10.8. The molecule has 1 heterocycles. The predicted octanol–water partition coefficient (Wildman–Crippen LogP) is 1.95. The van der Waals surface area contributed by atoms with Crippen molar-refractivity contribution in [3.05, 3.63) is 29.3 Å². The molecule has 8 heteroatoms. The lowest BCUT2D eigenvalue weighted by atomic mass is 9.93. The molecule has 0 aliphatic carbocycles. The minimum Gasteiger partial charge on any atom is -0.465 e. The summed E-state index contributed by atoms with van der Waals surface area (Å²) < 4.78 is 32.1. The first kappa shape index (κ1) is 20.9. The van der Waals surface area contributed by atoms with Gasteiger partial charge in [-0.3, -0.25) is 0 Å². The maximum atomic E-state index is 13.0. The Morgan fingerprint density at radius 3 is 2.67 bits per heavy atom. The van der Waals surface area contributed by atoms with Gasteiger partial charge in [-0.25, -0.2) is 13.2 Å². The Morgan fingerprint density at radius 2 is 2.08 bits per heavy atom. The fourth-order valence-corrected chi connectivity index (χ4v) is 4.67. The van der Waals surface area contributed by atoms with Crippen molar-refractivity contribution < 1.29 is 17.9 Å². The van der Waals surface area contributed by atoms with Gasteiger partial charge in [-0.15, -0.1) is 12.4 Å². The molecule has 1 fully saturated rings. The van der Waals surface area contributed by atoms with E-state index >= 15 is 0 Å². The average molecular weight is 377 g/mol. The van der Waals surface area contributed by atoms with Crippen molar-refractivity contribution in [1.82, 2.24) is 4.31 Å². The summed E-state index contributed by atoms with van der Waals surface area (Å²) in [6.07, 6.45) is 1.73. The molecular weight excluding hydrogens is 352 g/mol. The van der Waals surface area contributed by atoms with E-state index in [2.05, 4.69) is 4.74 Å². The lowest BCUT2D eigenvalue weighted by molar-refractivity contribution is 0.0600. The summed E-state index contributed by atoms with van der Waals surface area (Å²) in [5.41, 5.74) is 6.79. The Bertz CT molecular complexity index is 691. The van der Waals surface area contributed by atoms with E-state index in [4.69, 9.17) is 5.73 Å². The van der Waals surface area contributed by atoms with E-state index in [0.717, 1.165) is 12.8 Å². The standard InChI is InChI=1S/C16H24N2O4S.ClH/c1-11-6-7-13(16(19)22-3)9-15(11)23(20,21)18-8-4-5-14(10-18)12(2)17;/h6-7,9,12,14H,4-5,8,10,17H2,1-3H3;1H. The van der Waals surface area contributed by atoms with E-state index in [0.29, 0.717) is 18.7 Å². The normalized spacial score (nSPS) is 20.1. The quantitative estimate of drug-likeness (QED) is 0.811. The van der Waals surface area contributed by atoms with Crippen LogP contribution in [0.5, 0.6) is 0 Å². The summed E-state index contributed by atoms with van der Waals surface area (Å²) in [6, 6.07) is 4.55. The number of ether oxygens (including phenoxy) is 1. The van der Waals surface area contributed by atoms with Gasteiger partial charge in [0.05, 0.1) is 17.6 Å². The maximum Gasteiger partial charge on any atom is 0.337 e. The molecule has 6 nitrogen and oxygen atoms in total. The molecule has 0 aromatic heterocycles. The summed E-state index contributed by atoms with van der Waals surface area (Å²) >= 11 is 0. The molecule has 2 unspecified atom stereocenters. The van der Waals surface area contributed by atoms with Gasteiger partial charge in [-0.1, -0.05) is 6.07 Å². The van der Waals surface area contributed by atoms with E-state index in [9.17, 15) is 13.2 Å². The van der Waals surface area contributed by atoms with Crippen molar-refractivity contribution in [2.75, 3.05) is 20.2 Å². The number of benzene rings is 1. The van der Waals surface area contributed by atoms with Gasteiger partial charge in [0.2, 0.25) is 10.0 Å². The smallest absolute Gasteiger partial charge is 0.337 e. The molecule has 136 valence electrons. The number of nitrogens with two attached hydrogens (primary N) is 1. The average Bonchev–Trinajstić information content (AvgIpc) is 2.54. The van der Waals surface area contributed by atoms with Crippen LogP contribution in [0.1, 0.15) is 35.7 Å². The molecule has 1 aromatic rings. The second-order valence-corrected chi connectivity index (χ2v) is 8.00. The number of esters is 1. The summed E-state index contributed by atoms with van der Waals surface area (Å²) in [5, 5.41) is 0. The molecule has 0 spiro atoms. The van der Waals surface area contributed by atoms with Crippen molar-refractivity contribution in [1.29, 1.82) is 0 Å². The molecule has 0 bridgehead atoms. The Labute approximate surface area is 149 Å². The van der Waals surface area contributed by atoms with Crippen LogP contribution in [0.25, 0.3) is 0 Å². The number of methoxy groups -OCH3 is 1. The molecule has 0 radical (unpaired) electrons. The topological polar surface area (TPSA) is 89.7 Å². The van der Waals surface area contributed by atoms with Crippen LogP contribution in [0.2, 0.25) is 0 Å². The highest BCUT2D eigenvalue weighted by Crippen LogP contribution is 2.27. The van der Waals surface area contributed by atoms with Crippen molar-refractivity contribution in [3.8, 4) is 0 Å². The zero-order valence-electron chi connectivity index (χ0n) is 14.2. The Balaban J connectivity index is 0.00000288. The largest absolute Gasteiger partial charge is 0.465 e. The van der Waals surface area contributed by atoms with E-state index in [-0.39, 0.29) is 34.8 Å². The molecule has 2 rings (SSSR count). The van der Waals surface area contributed by atoms with Crippen LogP contribution >= 0.6 is 12.4 Å². The highest BCUT2D eigenvalue weighted by Gasteiger charge is 2.32. The Hall–Kier alpha value is -1.15. The minimum absolute atomic E-state index is 0. The van der Waals surface area contributed by atoms with Crippen LogP contribution < -0.4 is 5.73 Å². The van der Waals surface area contributed by atoms with Crippen LogP contribution in [0.15, 0.2) is 23.1 Å². The summed E-state index contributed by atoms with van der Waals surface area (Å²) in [7, 11) is -2.38. The number of hydrogen-bond donors (Lipinski definition) is 1. The van der Waals surface area contributed by atoms with E-state index < -0.39 is 16.0 Å². The van der Waals surface area contributed by atoms with Gasteiger partial charge in [-0.05, 0) is 50.3 Å². The van der Waals surface area contributed by atoms with Crippen LogP contribution in [0.4, 0.5) is 0 Å². The van der Waals surface area contributed by atoms with Crippen LogP contribution in [0.3, 0.4) is 0 Å². The van der Waals surface area contributed by atoms with Gasteiger partial charge in [0.15, 0.2) is 0 Å². The zero-order valence-corrected chi connectivity index (χ0v) is 15.8. The van der Waals surface area contributed by atoms with E-state index in [1.54, 1.807) is 19.1 Å². The molecule has 2 atom stereocenters. The molecule has 0 saturated carbocycles. The number of piperidine rings is 1. The highest BCUT2D eigenvalue weighted by molar-refractivity contribution is 7.89. The number of sulfonamides is 1. The van der Waals surface area contributed by atoms with Gasteiger partial charge in [0, 0.05) is 19.1 Å². The molecule has 1 aliphatic rings. The number of carbonyl (C=O) groups is 1. The first-order valence-corrected chi connectivity index (χ1v) is 9.16. The molecule has 1 aliphatic heterocycles. The zero-order chi connectivity index (χ0) is 17.2. The van der Waals surface area contributed by atoms with E-state index in [1.807, 2.05) is 6.92 Å². The monoisotopic (exact) mass is 376 g/mol. The maximum absolute atomic E-state index is 13.0. The summed E-state index contributed by atoms with van der Waals surface area (Å²) in [5.74, 6) is -0.392. The van der Waals surface area contributed by atoms with Crippen LogP contribution in [0, 0.1) is 12.8 Å². The van der Waals surface area contributed by atoms with Crippen molar-refractivity contribution in [3.63, 3.8) is 0 Å².